The Morgan fingerprint density at radius 1 is 1.17 bits per heavy atom. The summed E-state index contributed by atoms with van der Waals surface area (Å²) in [7, 11) is 0. The van der Waals surface area contributed by atoms with Crippen LogP contribution in [0.2, 0.25) is 0 Å². The van der Waals surface area contributed by atoms with Crippen LogP contribution in [0.15, 0.2) is 47.3 Å². The maximum atomic E-state index is 12.3. The van der Waals surface area contributed by atoms with Crippen molar-refractivity contribution in [3.05, 3.63) is 63.5 Å². The summed E-state index contributed by atoms with van der Waals surface area (Å²) in [5, 5.41) is 16.0. The smallest absolute Gasteiger partial charge is 0.277 e. The SMILES string of the molecule is CCCc1nnc(NC(=O)c2ccc(=O)n(-c3ccccc3)n2)s1. The molecule has 3 aromatic rings. The number of nitrogens with one attached hydrogen (secondary N) is 1. The van der Waals surface area contributed by atoms with Crippen LogP contribution in [0.3, 0.4) is 0 Å². The Balaban J connectivity index is 1.83. The van der Waals surface area contributed by atoms with Crippen molar-refractivity contribution >= 4 is 22.4 Å². The molecule has 0 aliphatic carbocycles. The minimum atomic E-state index is -0.432. The number of hydrogen-bond donors (Lipinski definition) is 1. The number of carbonyl (C=O) groups excluding carboxylic acids is 1. The van der Waals surface area contributed by atoms with Crippen molar-refractivity contribution in [3.63, 3.8) is 0 Å². The molecule has 0 aliphatic rings. The zero-order valence-electron chi connectivity index (χ0n) is 13.0. The highest BCUT2D eigenvalue weighted by Crippen LogP contribution is 2.17. The van der Waals surface area contributed by atoms with Crippen molar-refractivity contribution in [3.8, 4) is 5.69 Å². The van der Waals surface area contributed by atoms with Crippen LogP contribution in [0.25, 0.3) is 5.69 Å². The van der Waals surface area contributed by atoms with E-state index in [-0.39, 0.29) is 11.3 Å². The first-order chi connectivity index (χ1) is 11.7. The molecule has 2 aromatic heterocycles. The molecule has 8 heteroatoms. The van der Waals surface area contributed by atoms with Gasteiger partial charge >= 0.3 is 0 Å². The maximum Gasteiger partial charge on any atom is 0.277 e. The summed E-state index contributed by atoms with van der Waals surface area (Å²) in [5.74, 6) is -0.432. The second-order valence-electron chi connectivity index (χ2n) is 5.01. The van der Waals surface area contributed by atoms with Crippen molar-refractivity contribution < 1.29 is 4.79 Å². The molecule has 0 saturated heterocycles. The van der Waals surface area contributed by atoms with Gasteiger partial charge in [0.2, 0.25) is 5.13 Å². The van der Waals surface area contributed by atoms with Crippen LogP contribution in [0.5, 0.6) is 0 Å². The van der Waals surface area contributed by atoms with E-state index in [0.29, 0.717) is 10.8 Å². The number of amides is 1. The first-order valence-electron chi connectivity index (χ1n) is 7.47. The van der Waals surface area contributed by atoms with E-state index in [9.17, 15) is 9.59 Å². The summed E-state index contributed by atoms with van der Waals surface area (Å²) in [5.41, 5.74) is 0.419. The highest BCUT2D eigenvalue weighted by atomic mass is 32.1. The second kappa shape index (κ2) is 7.14. The Kier molecular flexibility index (Phi) is 4.76. The largest absolute Gasteiger partial charge is 0.295 e. The quantitative estimate of drug-likeness (QED) is 0.769. The highest BCUT2D eigenvalue weighted by Gasteiger charge is 2.13. The van der Waals surface area contributed by atoms with Crippen LogP contribution in [0.1, 0.15) is 28.8 Å². The number of rotatable bonds is 5. The van der Waals surface area contributed by atoms with Crippen molar-refractivity contribution in [2.45, 2.75) is 19.8 Å². The van der Waals surface area contributed by atoms with Crippen molar-refractivity contribution in [1.29, 1.82) is 0 Å². The molecule has 0 bridgehead atoms. The van der Waals surface area contributed by atoms with Gasteiger partial charge in [-0.3, -0.25) is 14.9 Å². The van der Waals surface area contributed by atoms with Gasteiger partial charge in [0.25, 0.3) is 11.5 Å². The van der Waals surface area contributed by atoms with Gasteiger partial charge in [-0.2, -0.15) is 9.78 Å². The van der Waals surface area contributed by atoms with Crippen molar-refractivity contribution in [1.82, 2.24) is 20.0 Å². The van der Waals surface area contributed by atoms with E-state index in [2.05, 4.69) is 27.5 Å². The predicted molar refractivity (Wildman–Crippen MR) is 91.7 cm³/mol. The molecule has 122 valence electrons. The molecule has 0 saturated carbocycles. The summed E-state index contributed by atoms with van der Waals surface area (Å²) >= 11 is 1.33. The number of para-hydroxylation sites is 1. The molecular formula is C16H15N5O2S. The van der Waals surface area contributed by atoms with Crippen molar-refractivity contribution in [2.75, 3.05) is 5.32 Å². The number of anilines is 1. The molecule has 0 radical (unpaired) electrons. The minimum absolute atomic E-state index is 0.130. The molecule has 2 heterocycles. The molecule has 24 heavy (non-hydrogen) atoms. The molecule has 3 rings (SSSR count). The van der Waals surface area contributed by atoms with Crippen LogP contribution in [-0.4, -0.2) is 25.9 Å². The first kappa shape index (κ1) is 16.0. The third kappa shape index (κ3) is 3.54. The molecule has 0 aliphatic heterocycles. The third-order valence-corrected chi connectivity index (χ3v) is 4.08. The van der Waals surface area contributed by atoms with Gasteiger partial charge in [0.15, 0.2) is 0 Å². The molecule has 0 unspecified atom stereocenters. The molecular weight excluding hydrogens is 326 g/mol. The lowest BCUT2D eigenvalue weighted by Gasteiger charge is -2.06. The average molecular weight is 341 g/mol. The van der Waals surface area contributed by atoms with Crippen LogP contribution < -0.4 is 10.9 Å². The fourth-order valence-electron chi connectivity index (χ4n) is 2.07. The van der Waals surface area contributed by atoms with E-state index in [1.54, 1.807) is 24.3 Å². The van der Waals surface area contributed by atoms with E-state index in [1.807, 2.05) is 6.07 Å². The number of nitrogens with zero attached hydrogens (tertiary/aromatic N) is 4. The van der Waals surface area contributed by atoms with Crippen molar-refractivity contribution in [2.24, 2.45) is 0 Å². The number of aryl methyl sites for hydroxylation is 1. The van der Waals surface area contributed by atoms with Gasteiger partial charge in [0.05, 0.1) is 5.69 Å². The van der Waals surface area contributed by atoms with Gasteiger partial charge in [0, 0.05) is 12.5 Å². The number of aromatic nitrogens is 4. The Morgan fingerprint density at radius 3 is 2.71 bits per heavy atom. The third-order valence-electron chi connectivity index (χ3n) is 3.18. The summed E-state index contributed by atoms with van der Waals surface area (Å²) in [6, 6.07) is 11.6. The summed E-state index contributed by atoms with van der Waals surface area (Å²) in [4.78, 5) is 24.3. The summed E-state index contributed by atoms with van der Waals surface area (Å²) in [6.07, 6.45) is 1.79. The molecule has 1 N–H and O–H groups in total. The molecule has 0 fully saturated rings. The molecule has 1 aromatic carbocycles. The Bertz CT molecular complexity index is 904. The highest BCUT2D eigenvalue weighted by molar-refractivity contribution is 7.15. The minimum Gasteiger partial charge on any atom is -0.295 e. The zero-order valence-corrected chi connectivity index (χ0v) is 13.8. The molecule has 7 nitrogen and oxygen atoms in total. The van der Waals surface area contributed by atoms with Crippen LogP contribution in [0.4, 0.5) is 5.13 Å². The molecule has 0 spiro atoms. The first-order valence-corrected chi connectivity index (χ1v) is 8.28. The lowest BCUT2D eigenvalue weighted by atomic mass is 10.3. The predicted octanol–water partition coefficient (Wildman–Crippen LogP) is 2.29. The van der Waals surface area contributed by atoms with Gasteiger partial charge < -0.3 is 0 Å². The number of carbonyl (C=O) groups is 1. The summed E-state index contributed by atoms with van der Waals surface area (Å²) < 4.78 is 1.19. The van der Waals surface area contributed by atoms with Crippen LogP contribution >= 0.6 is 11.3 Å². The van der Waals surface area contributed by atoms with Gasteiger partial charge in [-0.15, -0.1) is 10.2 Å². The van der Waals surface area contributed by atoms with E-state index < -0.39 is 5.91 Å². The lowest BCUT2D eigenvalue weighted by molar-refractivity contribution is 0.102. The van der Waals surface area contributed by atoms with Gasteiger partial charge in [-0.1, -0.05) is 36.5 Å². The fraction of sp³-hybridized carbons (Fsp3) is 0.188. The van der Waals surface area contributed by atoms with Gasteiger partial charge in [-0.25, -0.2) is 0 Å². The Hall–Kier alpha value is -2.87. The van der Waals surface area contributed by atoms with Gasteiger partial charge in [0.1, 0.15) is 10.7 Å². The summed E-state index contributed by atoms with van der Waals surface area (Å²) in [6.45, 7) is 2.05. The zero-order chi connectivity index (χ0) is 16.9. The van der Waals surface area contributed by atoms with Crippen LogP contribution in [-0.2, 0) is 6.42 Å². The molecule has 0 atom stereocenters. The maximum absolute atomic E-state index is 12.3. The van der Waals surface area contributed by atoms with E-state index in [0.717, 1.165) is 17.8 Å². The topological polar surface area (TPSA) is 89.8 Å². The van der Waals surface area contributed by atoms with E-state index in [4.69, 9.17) is 0 Å². The number of benzene rings is 1. The average Bonchev–Trinajstić information content (AvgIpc) is 3.03. The standard InChI is InChI=1S/C16H15N5O2S/c1-2-6-13-18-19-16(24-13)17-15(23)12-9-10-14(22)21(20-12)11-7-4-3-5-8-11/h3-5,7-10H,2,6H2,1H3,(H,17,19,23). The second-order valence-corrected chi connectivity index (χ2v) is 6.07. The fourth-order valence-corrected chi connectivity index (χ4v) is 2.90. The van der Waals surface area contributed by atoms with Gasteiger partial charge in [-0.05, 0) is 24.6 Å². The Morgan fingerprint density at radius 2 is 1.96 bits per heavy atom. The van der Waals surface area contributed by atoms with Crippen LogP contribution in [0, 0.1) is 0 Å². The van der Waals surface area contributed by atoms with E-state index >= 15 is 0 Å². The lowest BCUT2D eigenvalue weighted by Crippen LogP contribution is -2.24. The molecule has 1 amide bonds. The Labute approximate surface area is 142 Å². The van der Waals surface area contributed by atoms with E-state index in [1.165, 1.54) is 28.2 Å². The number of hydrogen-bond acceptors (Lipinski definition) is 6. The normalized spacial score (nSPS) is 10.5. The monoisotopic (exact) mass is 341 g/mol.